The molecule has 0 bridgehead atoms. The molecule has 7 heteroatoms. The van der Waals surface area contributed by atoms with E-state index >= 15 is 0 Å². The van der Waals surface area contributed by atoms with Crippen molar-refractivity contribution in [1.82, 2.24) is 15.3 Å². The van der Waals surface area contributed by atoms with Gasteiger partial charge in [0.15, 0.2) is 6.29 Å². The van der Waals surface area contributed by atoms with Crippen LogP contribution in [0.2, 0.25) is 0 Å². The highest BCUT2D eigenvalue weighted by atomic mass is 19.4. The Bertz CT molecular complexity index is 1220. The molecule has 31 heavy (non-hydrogen) atoms. The molecule has 2 aromatic carbocycles. The Morgan fingerprint density at radius 1 is 0.935 bits per heavy atom. The van der Waals surface area contributed by atoms with Gasteiger partial charge in [0.05, 0.1) is 11.1 Å². The monoisotopic (exact) mass is 421 g/mol. The summed E-state index contributed by atoms with van der Waals surface area (Å²) in [5.41, 5.74) is 2.40. The molecule has 2 heterocycles. The Hall–Kier alpha value is -3.58. The van der Waals surface area contributed by atoms with Crippen LogP contribution in [0.4, 0.5) is 13.2 Å². The molecule has 0 fully saturated rings. The summed E-state index contributed by atoms with van der Waals surface area (Å²) < 4.78 is 40.4. The molecule has 0 aliphatic heterocycles. The number of hydrogen-bond donors (Lipinski definition) is 1. The first-order valence-electron chi connectivity index (χ1n) is 9.60. The first-order chi connectivity index (χ1) is 15.0. The number of fused-ring (bicyclic) bond motifs is 1. The van der Waals surface area contributed by atoms with E-state index in [0.717, 1.165) is 17.2 Å². The molecule has 0 atom stereocenters. The molecule has 2 aromatic heterocycles. The first-order valence-corrected chi connectivity index (χ1v) is 9.60. The number of rotatable bonds is 6. The van der Waals surface area contributed by atoms with Gasteiger partial charge in [-0.25, -0.2) is 0 Å². The summed E-state index contributed by atoms with van der Waals surface area (Å²) in [6.07, 6.45) is 0.737. The number of pyridine rings is 2. The van der Waals surface area contributed by atoms with Crippen molar-refractivity contribution < 1.29 is 18.0 Å². The third-order valence-electron chi connectivity index (χ3n) is 4.98. The van der Waals surface area contributed by atoms with Crippen LogP contribution in [0.15, 0.2) is 73.2 Å². The van der Waals surface area contributed by atoms with Crippen molar-refractivity contribution in [1.29, 1.82) is 0 Å². The highest BCUT2D eigenvalue weighted by Crippen LogP contribution is 2.38. The smallest absolute Gasteiger partial charge is 0.309 e. The first kappa shape index (κ1) is 20.7. The van der Waals surface area contributed by atoms with Gasteiger partial charge >= 0.3 is 6.18 Å². The van der Waals surface area contributed by atoms with Crippen LogP contribution in [0, 0.1) is 0 Å². The Kier molecular flexibility index (Phi) is 5.77. The molecular weight excluding hydrogens is 403 g/mol. The summed E-state index contributed by atoms with van der Waals surface area (Å²) in [7, 11) is 0. The van der Waals surface area contributed by atoms with Gasteiger partial charge in [0.2, 0.25) is 0 Å². The van der Waals surface area contributed by atoms with Crippen LogP contribution in [-0.2, 0) is 19.3 Å². The molecule has 1 N–H and O–H groups in total. The predicted molar refractivity (Wildman–Crippen MR) is 112 cm³/mol. The quantitative estimate of drug-likeness (QED) is 0.423. The zero-order valence-corrected chi connectivity index (χ0v) is 16.4. The number of alkyl halides is 3. The molecule has 0 radical (unpaired) electrons. The van der Waals surface area contributed by atoms with E-state index in [0.29, 0.717) is 35.9 Å². The lowest BCUT2D eigenvalue weighted by atomic mass is 9.94. The Morgan fingerprint density at radius 3 is 2.42 bits per heavy atom. The van der Waals surface area contributed by atoms with E-state index in [1.807, 2.05) is 30.3 Å². The zero-order valence-electron chi connectivity index (χ0n) is 16.4. The molecule has 0 aliphatic carbocycles. The van der Waals surface area contributed by atoms with Crippen LogP contribution in [0.5, 0.6) is 0 Å². The Balaban J connectivity index is 1.71. The lowest BCUT2D eigenvalue weighted by Crippen LogP contribution is -2.12. The minimum absolute atomic E-state index is 0.170. The van der Waals surface area contributed by atoms with Crippen molar-refractivity contribution in [3.63, 3.8) is 0 Å². The van der Waals surface area contributed by atoms with E-state index in [2.05, 4.69) is 15.3 Å². The van der Waals surface area contributed by atoms with E-state index in [-0.39, 0.29) is 11.1 Å². The van der Waals surface area contributed by atoms with Crippen molar-refractivity contribution in [2.75, 3.05) is 0 Å². The van der Waals surface area contributed by atoms with Gasteiger partial charge in [0, 0.05) is 48.2 Å². The molecule has 0 aliphatic rings. The molecule has 156 valence electrons. The molecule has 0 unspecified atom stereocenters. The second-order valence-corrected chi connectivity index (χ2v) is 7.07. The average Bonchev–Trinajstić information content (AvgIpc) is 2.78. The molecule has 0 spiro atoms. The van der Waals surface area contributed by atoms with Crippen LogP contribution in [0.25, 0.3) is 22.0 Å². The van der Waals surface area contributed by atoms with E-state index in [1.54, 1.807) is 24.5 Å². The number of aldehydes is 1. The van der Waals surface area contributed by atoms with Gasteiger partial charge in [-0.05, 0) is 41.0 Å². The second-order valence-electron chi connectivity index (χ2n) is 7.07. The van der Waals surface area contributed by atoms with Gasteiger partial charge in [-0.1, -0.05) is 30.3 Å². The van der Waals surface area contributed by atoms with Crippen molar-refractivity contribution >= 4 is 17.2 Å². The van der Waals surface area contributed by atoms with Gasteiger partial charge in [-0.2, -0.15) is 13.2 Å². The average molecular weight is 421 g/mol. The number of aromatic nitrogens is 2. The van der Waals surface area contributed by atoms with Crippen LogP contribution >= 0.6 is 0 Å². The maximum absolute atomic E-state index is 13.5. The highest BCUT2D eigenvalue weighted by Gasteiger charge is 2.33. The van der Waals surface area contributed by atoms with Gasteiger partial charge < -0.3 is 5.32 Å². The summed E-state index contributed by atoms with van der Waals surface area (Å²) >= 11 is 0. The van der Waals surface area contributed by atoms with E-state index in [1.165, 1.54) is 12.3 Å². The number of benzene rings is 2. The van der Waals surface area contributed by atoms with E-state index in [4.69, 9.17) is 0 Å². The van der Waals surface area contributed by atoms with Crippen molar-refractivity contribution in [2.45, 2.75) is 19.3 Å². The molecule has 4 aromatic rings. The van der Waals surface area contributed by atoms with Gasteiger partial charge in [0.25, 0.3) is 0 Å². The van der Waals surface area contributed by atoms with Crippen LogP contribution in [-0.4, -0.2) is 16.3 Å². The molecule has 0 amide bonds. The minimum atomic E-state index is -4.54. The van der Waals surface area contributed by atoms with E-state index < -0.39 is 11.7 Å². The highest BCUT2D eigenvalue weighted by molar-refractivity contribution is 6.03. The number of carbonyl (C=O) groups excluding carboxylic acids is 1. The number of halogens is 3. The maximum Gasteiger partial charge on any atom is 0.418 e. The van der Waals surface area contributed by atoms with Crippen LogP contribution < -0.4 is 5.32 Å². The van der Waals surface area contributed by atoms with Gasteiger partial charge in [0.1, 0.15) is 0 Å². The minimum Gasteiger partial charge on any atom is -0.309 e. The Labute approximate surface area is 176 Å². The Morgan fingerprint density at radius 2 is 1.68 bits per heavy atom. The summed E-state index contributed by atoms with van der Waals surface area (Å²) in [5.74, 6) is 0. The maximum atomic E-state index is 13.5. The predicted octanol–water partition coefficient (Wildman–Crippen LogP) is 5.42. The fourth-order valence-corrected chi connectivity index (χ4v) is 3.57. The lowest BCUT2D eigenvalue weighted by Gasteiger charge is -2.14. The van der Waals surface area contributed by atoms with Crippen LogP contribution in [0.3, 0.4) is 0 Å². The van der Waals surface area contributed by atoms with E-state index in [9.17, 15) is 18.0 Å². The number of para-hydroxylation sites is 1. The number of nitrogens with zero attached hydrogens (tertiary/aromatic N) is 2. The normalized spacial score (nSPS) is 11.6. The SMILES string of the molecule is O=Cc1cnc2c(C(F)(F)F)cccc2c1-c1cccc(CNCc2ccncc2)c1. The molecular formula is C24H18F3N3O. The van der Waals surface area contributed by atoms with Gasteiger partial charge in [-0.15, -0.1) is 0 Å². The van der Waals surface area contributed by atoms with Crippen molar-refractivity contribution in [2.24, 2.45) is 0 Å². The molecule has 0 saturated heterocycles. The topological polar surface area (TPSA) is 54.9 Å². The number of nitrogens with one attached hydrogen (secondary N) is 1. The number of hydrogen-bond acceptors (Lipinski definition) is 4. The third kappa shape index (κ3) is 4.46. The zero-order chi connectivity index (χ0) is 21.8. The van der Waals surface area contributed by atoms with Crippen molar-refractivity contribution in [3.8, 4) is 11.1 Å². The summed E-state index contributed by atoms with van der Waals surface area (Å²) in [5, 5.41) is 3.63. The summed E-state index contributed by atoms with van der Waals surface area (Å²) in [4.78, 5) is 19.6. The fourth-order valence-electron chi connectivity index (χ4n) is 3.57. The number of carbonyl (C=O) groups is 1. The summed E-state index contributed by atoms with van der Waals surface area (Å²) in [6, 6.07) is 15.2. The summed E-state index contributed by atoms with van der Waals surface area (Å²) in [6.45, 7) is 1.21. The third-order valence-corrected chi connectivity index (χ3v) is 4.98. The van der Waals surface area contributed by atoms with Gasteiger partial charge in [-0.3, -0.25) is 14.8 Å². The molecule has 4 nitrogen and oxygen atoms in total. The second kappa shape index (κ2) is 8.65. The van der Waals surface area contributed by atoms with Crippen LogP contribution in [0.1, 0.15) is 27.0 Å². The fraction of sp³-hybridized carbons (Fsp3) is 0.125. The standard InChI is InChI=1S/C24H18F3N3O/c25-24(26,27)21-6-2-5-20-22(19(15-31)14-30-23(20)21)18-4-1-3-17(11-18)13-29-12-16-7-9-28-10-8-16/h1-11,14-15,29H,12-13H2. The lowest BCUT2D eigenvalue weighted by molar-refractivity contribution is -0.136. The molecule has 0 saturated carbocycles. The largest absolute Gasteiger partial charge is 0.418 e. The van der Waals surface area contributed by atoms with Crippen molar-refractivity contribution in [3.05, 3.63) is 95.4 Å². The molecule has 4 rings (SSSR count).